The van der Waals surface area contributed by atoms with Gasteiger partial charge in [-0.05, 0) is 11.8 Å². The molecule has 0 radical (unpaired) electrons. The molecule has 0 aliphatic heterocycles. The quantitative estimate of drug-likeness (QED) is 0.452. The lowest BCUT2D eigenvalue weighted by molar-refractivity contribution is 0.132. The Kier molecular flexibility index (Phi) is 4.65. The number of aliphatic hydroxyl groups is 1. The molecule has 0 saturated carbocycles. The number of rotatable bonds is 5. The summed E-state index contributed by atoms with van der Waals surface area (Å²) in [6.45, 7) is 6.72. The van der Waals surface area contributed by atoms with Crippen LogP contribution in [0.2, 0.25) is 0 Å². The molecule has 1 atom stereocenters. The summed E-state index contributed by atoms with van der Waals surface area (Å²) in [5.41, 5.74) is 2.52. The predicted molar refractivity (Wildman–Crippen MR) is 68.4 cm³/mol. The van der Waals surface area contributed by atoms with Gasteiger partial charge in [-0.15, -0.1) is 0 Å². The number of nitrogens with one attached hydrogen (secondary N) is 2. The highest BCUT2D eigenvalue weighted by Crippen LogP contribution is 2.20. The van der Waals surface area contributed by atoms with E-state index in [4.69, 9.17) is 5.84 Å². The van der Waals surface area contributed by atoms with Gasteiger partial charge in [0.05, 0.1) is 18.5 Å². The second kappa shape index (κ2) is 5.79. The van der Waals surface area contributed by atoms with E-state index in [2.05, 4.69) is 41.5 Å². The molecular weight excluding hydrogens is 218 g/mol. The van der Waals surface area contributed by atoms with E-state index >= 15 is 0 Å². The van der Waals surface area contributed by atoms with Crippen molar-refractivity contribution in [3.05, 3.63) is 12.4 Å². The van der Waals surface area contributed by atoms with E-state index in [0.29, 0.717) is 18.2 Å². The number of hydrogen-bond acceptors (Lipinski definition) is 6. The molecule has 1 heterocycles. The van der Waals surface area contributed by atoms with Crippen molar-refractivity contribution in [2.24, 2.45) is 11.3 Å². The first kappa shape index (κ1) is 13.7. The Balaban J connectivity index is 2.44. The standard InChI is InChI=1S/C11H21N5O/c1-11(2,3)4-8(17)5-14-9-6-13-7-10(15-9)16-12/h6-8,17H,4-5,12H2,1-3H3,(H2,14,15,16). The molecular formula is C11H21N5O. The zero-order chi connectivity index (χ0) is 12.9. The van der Waals surface area contributed by atoms with E-state index in [1.807, 2.05) is 0 Å². The monoisotopic (exact) mass is 239 g/mol. The summed E-state index contributed by atoms with van der Waals surface area (Å²) in [6.07, 6.45) is 3.43. The highest BCUT2D eigenvalue weighted by atomic mass is 16.3. The second-order valence-corrected chi connectivity index (χ2v) is 5.23. The number of hydrazine groups is 1. The number of nitrogens with zero attached hydrogens (tertiary/aromatic N) is 2. The van der Waals surface area contributed by atoms with Crippen molar-refractivity contribution in [3.8, 4) is 0 Å². The lowest BCUT2D eigenvalue weighted by Crippen LogP contribution is -2.25. The van der Waals surface area contributed by atoms with Crippen LogP contribution in [-0.2, 0) is 0 Å². The molecule has 0 aliphatic carbocycles. The highest BCUT2D eigenvalue weighted by Gasteiger charge is 2.16. The van der Waals surface area contributed by atoms with Crippen molar-refractivity contribution in [2.75, 3.05) is 17.3 Å². The Morgan fingerprint density at radius 2 is 2.00 bits per heavy atom. The van der Waals surface area contributed by atoms with Gasteiger partial charge in [0.2, 0.25) is 0 Å². The average Bonchev–Trinajstić information content (AvgIpc) is 2.24. The van der Waals surface area contributed by atoms with Crippen molar-refractivity contribution in [1.29, 1.82) is 0 Å². The molecule has 17 heavy (non-hydrogen) atoms. The van der Waals surface area contributed by atoms with E-state index in [-0.39, 0.29) is 5.41 Å². The van der Waals surface area contributed by atoms with E-state index in [1.165, 1.54) is 6.20 Å². The Hall–Kier alpha value is -1.40. The molecule has 0 aliphatic rings. The molecule has 5 N–H and O–H groups in total. The third-order valence-corrected chi connectivity index (χ3v) is 2.15. The van der Waals surface area contributed by atoms with E-state index in [9.17, 15) is 5.11 Å². The topological polar surface area (TPSA) is 96.1 Å². The van der Waals surface area contributed by atoms with Crippen LogP contribution in [0.5, 0.6) is 0 Å². The maximum atomic E-state index is 9.82. The van der Waals surface area contributed by atoms with Gasteiger partial charge in [-0.25, -0.2) is 10.8 Å². The van der Waals surface area contributed by atoms with Crippen molar-refractivity contribution in [2.45, 2.75) is 33.3 Å². The summed E-state index contributed by atoms with van der Waals surface area (Å²) in [5, 5.41) is 12.8. The van der Waals surface area contributed by atoms with Crippen molar-refractivity contribution in [1.82, 2.24) is 9.97 Å². The van der Waals surface area contributed by atoms with Gasteiger partial charge in [-0.3, -0.25) is 4.98 Å². The smallest absolute Gasteiger partial charge is 0.160 e. The minimum absolute atomic E-state index is 0.105. The molecule has 6 heteroatoms. The van der Waals surface area contributed by atoms with Crippen LogP contribution in [-0.4, -0.2) is 27.7 Å². The molecule has 1 unspecified atom stereocenters. The number of nitrogen functional groups attached to an aromatic ring is 1. The minimum atomic E-state index is -0.411. The minimum Gasteiger partial charge on any atom is -0.391 e. The Morgan fingerprint density at radius 1 is 1.35 bits per heavy atom. The number of anilines is 2. The van der Waals surface area contributed by atoms with Gasteiger partial charge in [0.25, 0.3) is 0 Å². The number of aromatic nitrogens is 2. The third-order valence-electron chi connectivity index (χ3n) is 2.15. The zero-order valence-electron chi connectivity index (χ0n) is 10.6. The molecule has 0 spiro atoms. The molecule has 0 aromatic carbocycles. The SMILES string of the molecule is CC(C)(C)CC(O)CNc1cncc(NN)n1. The van der Waals surface area contributed by atoms with Crippen LogP contribution in [0.3, 0.4) is 0 Å². The molecule has 1 aromatic heterocycles. The van der Waals surface area contributed by atoms with E-state index in [1.54, 1.807) is 6.20 Å². The summed E-state index contributed by atoms with van der Waals surface area (Å²) in [7, 11) is 0. The third kappa shape index (κ3) is 5.46. The Bertz CT molecular complexity index is 350. The van der Waals surface area contributed by atoms with Gasteiger partial charge < -0.3 is 15.8 Å². The largest absolute Gasteiger partial charge is 0.391 e. The number of hydrogen-bond donors (Lipinski definition) is 4. The van der Waals surface area contributed by atoms with Gasteiger partial charge in [-0.1, -0.05) is 20.8 Å². The zero-order valence-corrected chi connectivity index (χ0v) is 10.6. The fourth-order valence-corrected chi connectivity index (χ4v) is 1.52. The summed E-state index contributed by atoms with van der Waals surface area (Å²) in [6, 6.07) is 0. The first-order chi connectivity index (χ1) is 7.90. The van der Waals surface area contributed by atoms with Crippen LogP contribution >= 0.6 is 0 Å². The first-order valence-electron chi connectivity index (χ1n) is 5.61. The first-order valence-corrected chi connectivity index (χ1v) is 5.61. The van der Waals surface area contributed by atoms with Gasteiger partial charge in [0.15, 0.2) is 5.82 Å². The van der Waals surface area contributed by atoms with Crippen LogP contribution in [0.4, 0.5) is 11.6 Å². The van der Waals surface area contributed by atoms with Gasteiger partial charge in [0, 0.05) is 6.54 Å². The molecule has 1 rings (SSSR count). The molecule has 96 valence electrons. The van der Waals surface area contributed by atoms with Crippen LogP contribution in [0.1, 0.15) is 27.2 Å². The normalized spacial score (nSPS) is 13.2. The van der Waals surface area contributed by atoms with Gasteiger partial charge >= 0.3 is 0 Å². The Morgan fingerprint density at radius 3 is 2.59 bits per heavy atom. The molecule has 0 bridgehead atoms. The summed E-state index contributed by atoms with van der Waals surface area (Å²) < 4.78 is 0. The highest BCUT2D eigenvalue weighted by molar-refractivity contribution is 5.40. The Labute approximate surface area is 102 Å². The predicted octanol–water partition coefficient (Wildman–Crippen LogP) is 0.971. The fourth-order valence-electron chi connectivity index (χ4n) is 1.52. The van der Waals surface area contributed by atoms with Crippen molar-refractivity contribution < 1.29 is 5.11 Å². The lowest BCUT2D eigenvalue weighted by atomic mass is 9.89. The van der Waals surface area contributed by atoms with Gasteiger partial charge in [-0.2, -0.15) is 0 Å². The second-order valence-electron chi connectivity index (χ2n) is 5.23. The molecule has 0 fully saturated rings. The van der Waals surface area contributed by atoms with Crippen LogP contribution < -0.4 is 16.6 Å². The average molecular weight is 239 g/mol. The van der Waals surface area contributed by atoms with Crippen LogP contribution in [0.15, 0.2) is 12.4 Å². The molecule has 6 nitrogen and oxygen atoms in total. The number of nitrogens with two attached hydrogens (primary N) is 1. The van der Waals surface area contributed by atoms with Crippen molar-refractivity contribution in [3.63, 3.8) is 0 Å². The van der Waals surface area contributed by atoms with E-state index < -0.39 is 6.10 Å². The maximum absolute atomic E-state index is 9.82. The maximum Gasteiger partial charge on any atom is 0.160 e. The van der Waals surface area contributed by atoms with E-state index in [0.717, 1.165) is 6.42 Å². The molecule has 1 aromatic rings. The van der Waals surface area contributed by atoms with Crippen LogP contribution in [0, 0.1) is 5.41 Å². The summed E-state index contributed by atoms with van der Waals surface area (Å²) in [4.78, 5) is 8.10. The lowest BCUT2D eigenvalue weighted by Gasteiger charge is -2.22. The van der Waals surface area contributed by atoms with Crippen molar-refractivity contribution >= 4 is 11.6 Å². The number of aliphatic hydroxyl groups excluding tert-OH is 1. The summed E-state index contributed by atoms with van der Waals surface area (Å²) >= 11 is 0. The van der Waals surface area contributed by atoms with Gasteiger partial charge in [0.1, 0.15) is 5.82 Å². The molecule has 0 amide bonds. The fraction of sp³-hybridized carbons (Fsp3) is 0.636. The van der Waals surface area contributed by atoms with Crippen LogP contribution in [0.25, 0.3) is 0 Å². The summed E-state index contributed by atoms with van der Waals surface area (Å²) in [5.74, 6) is 6.31. The molecule has 0 saturated heterocycles.